The van der Waals surface area contributed by atoms with Gasteiger partial charge in [0.2, 0.25) is 0 Å². The molecular formula is C38H40N2O6S. The Morgan fingerprint density at radius 2 is 0.851 bits per heavy atom. The molecule has 0 unspecified atom stereocenters. The summed E-state index contributed by atoms with van der Waals surface area (Å²) in [5.74, 6) is 1.22. The lowest BCUT2D eigenvalue weighted by molar-refractivity contribution is 0.201. The van der Waals surface area contributed by atoms with Crippen LogP contribution in [0.4, 0.5) is 21.0 Å². The molecule has 4 aromatic rings. The minimum atomic E-state index is -0.430. The van der Waals surface area contributed by atoms with Crippen molar-refractivity contribution in [1.82, 2.24) is 0 Å². The Balaban J connectivity index is 1.07. The van der Waals surface area contributed by atoms with E-state index in [9.17, 15) is 19.8 Å². The molecule has 0 atom stereocenters. The first-order valence-electron chi connectivity index (χ1n) is 16.4. The number of hydrogen-bond donors (Lipinski definition) is 2. The molecule has 47 heavy (non-hydrogen) atoms. The maximum Gasteiger partial charge on any atom is 0.420 e. The quantitative estimate of drug-likeness (QED) is 0.195. The van der Waals surface area contributed by atoms with E-state index in [0.29, 0.717) is 22.9 Å². The number of amides is 2. The monoisotopic (exact) mass is 652 g/mol. The maximum absolute atomic E-state index is 13.4. The van der Waals surface area contributed by atoms with Crippen LogP contribution in [0.3, 0.4) is 0 Å². The first-order chi connectivity index (χ1) is 22.9. The third-order valence-corrected chi connectivity index (χ3v) is 9.84. The van der Waals surface area contributed by atoms with Gasteiger partial charge in [0.15, 0.2) is 0 Å². The summed E-state index contributed by atoms with van der Waals surface area (Å²) in [5, 5.41) is 19.5. The van der Waals surface area contributed by atoms with Gasteiger partial charge in [-0.25, -0.2) is 9.59 Å². The van der Waals surface area contributed by atoms with Gasteiger partial charge in [-0.3, -0.25) is 9.80 Å². The van der Waals surface area contributed by atoms with Crippen LogP contribution in [-0.2, 0) is 0 Å². The van der Waals surface area contributed by atoms with Gasteiger partial charge in [0.1, 0.15) is 23.0 Å². The standard InChI is InChI=1S/C38H40N2O6S/c41-31-15-11-29(12-16-31)39(27-7-3-1-4-8-27)37(43)45-33-19-23-35(24-20-33)47-36-25-21-34(22-26-36)46-38(44)40(28-9-5-2-6-10-28)30-13-17-32(42)18-14-30/h11-28,41-42H,1-10H2. The molecule has 6 rings (SSSR count). The van der Waals surface area contributed by atoms with E-state index in [1.807, 2.05) is 24.3 Å². The highest BCUT2D eigenvalue weighted by Crippen LogP contribution is 2.34. The minimum absolute atomic E-state index is 0.0565. The van der Waals surface area contributed by atoms with Crippen molar-refractivity contribution in [1.29, 1.82) is 0 Å². The van der Waals surface area contributed by atoms with Crippen molar-refractivity contribution in [2.75, 3.05) is 9.80 Å². The van der Waals surface area contributed by atoms with Gasteiger partial charge in [0.05, 0.1) is 0 Å². The Labute approximate surface area is 279 Å². The van der Waals surface area contributed by atoms with Gasteiger partial charge in [-0.05, 0) is 123 Å². The molecule has 0 aromatic heterocycles. The molecule has 0 bridgehead atoms. The molecule has 4 aromatic carbocycles. The molecule has 0 aliphatic heterocycles. The lowest BCUT2D eigenvalue weighted by atomic mass is 9.94. The number of carbonyl (C=O) groups is 2. The third kappa shape index (κ3) is 8.40. The van der Waals surface area contributed by atoms with Crippen LogP contribution in [0.15, 0.2) is 107 Å². The highest BCUT2D eigenvalue weighted by atomic mass is 32.2. The summed E-state index contributed by atoms with van der Waals surface area (Å²) in [6, 6.07) is 28.2. The minimum Gasteiger partial charge on any atom is -0.508 e. The smallest absolute Gasteiger partial charge is 0.420 e. The number of rotatable bonds is 8. The second-order valence-corrected chi connectivity index (χ2v) is 13.3. The molecule has 2 N–H and O–H groups in total. The zero-order valence-corrected chi connectivity index (χ0v) is 27.1. The van der Waals surface area contributed by atoms with E-state index in [2.05, 4.69) is 0 Å². The molecule has 0 heterocycles. The molecular weight excluding hydrogens is 612 g/mol. The fourth-order valence-corrected chi connectivity index (χ4v) is 7.24. The van der Waals surface area contributed by atoms with E-state index in [4.69, 9.17) is 9.47 Å². The Bertz CT molecular complexity index is 1490. The third-order valence-electron chi connectivity index (χ3n) is 8.82. The van der Waals surface area contributed by atoms with Crippen LogP contribution in [0.1, 0.15) is 64.2 Å². The molecule has 0 spiro atoms. The van der Waals surface area contributed by atoms with Crippen molar-refractivity contribution < 1.29 is 29.3 Å². The molecule has 244 valence electrons. The predicted octanol–water partition coefficient (Wildman–Crippen LogP) is 9.93. The first-order valence-corrected chi connectivity index (χ1v) is 17.2. The Morgan fingerprint density at radius 3 is 1.19 bits per heavy atom. The summed E-state index contributed by atoms with van der Waals surface area (Å²) in [4.78, 5) is 32.2. The summed E-state index contributed by atoms with van der Waals surface area (Å²) in [5.41, 5.74) is 1.42. The largest absolute Gasteiger partial charge is 0.508 e. The van der Waals surface area contributed by atoms with E-state index in [1.165, 1.54) is 12.8 Å². The van der Waals surface area contributed by atoms with Crippen LogP contribution in [0, 0.1) is 0 Å². The summed E-state index contributed by atoms with van der Waals surface area (Å²) in [6.07, 6.45) is 9.43. The molecule has 2 aliphatic carbocycles. The average Bonchev–Trinajstić information content (AvgIpc) is 3.09. The van der Waals surface area contributed by atoms with E-state index >= 15 is 0 Å². The van der Waals surface area contributed by atoms with Crippen LogP contribution in [0.2, 0.25) is 0 Å². The maximum atomic E-state index is 13.4. The van der Waals surface area contributed by atoms with Gasteiger partial charge >= 0.3 is 12.2 Å². The highest BCUT2D eigenvalue weighted by molar-refractivity contribution is 7.99. The lowest BCUT2D eigenvalue weighted by Crippen LogP contribution is -2.43. The molecule has 2 saturated carbocycles. The molecule has 2 aliphatic rings. The number of ether oxygens (including phenoxy) is 2. The average molecular weight is 653 g/mol. The van der Waals surface area contributed by atoms with Crippen LogP contribution < -0.4 is 19.3 Å². The van der Waals surface area contributed by atoms with Gasteiger partial charge < -0.3 is 19.7 Å². The number of aromatic hydroxyl groups is 2. The van der Waals surface area contributed by atoms with Gasteiger partial charge in [-0.1, -0.05) is 50.3 Å². The number of phenols is 2. The van der Waals surface area contributed by atoms with E-state index < -0.39 is 12.2 Å². The first kappa shape index (κ1) is 32.3. The second kappa shape index (κ2) is 15.3. The Hall–Kier alpha value is -4.63. The second-order valence-electron chi connectivity index (χ2n) is 12.1. The predicted molar refractivity (Wildman–Crippen MR) is 184 cm³/mol. The Morgan fingerprint density at radius 1 is 0.511 bits per heavy atom. The van der Waals surface area contributed by atoms with E-state index in [-0.39, 0.29) is 23.6 Å². The molecule has 9 heteroatoms. The van der Waals surface area contributed by atoms with Crippen molar-refractivity contribution >= 4 is 35.3 Å². The van der Waals surface area contributed by atoms with Crippen molar-refractivity contribution in [3.05, 3.63) is 97.1 Å². The number of hydrogen-bond acceptors (Lipinski definition) is 7. The summed E-state index contributed by atoms with van der Waals surface area (Å²) in [6.45, 7) is 0. The SMILES string of the molecule is O=C(Oc1ccc(Sc2ccc(OC(=O)N(c3ccc(O)cc3)C3CCCCC3)cc2)cc1)N(c1ccc(O)cc1)C1CCCCC1. The number of anilines is 2. The van der Waals surface area contributed by atoms with Crippen molar-refractivity contribution in [2.24, 2.45) is 0 Å². The van der Waals surface area contributed by atoms with E-state index in [1.54, 1.807) is 94.4 Å². The fourth-order valence-electron chi connectivity index (χ4n) is 6.42. The van der Waals surface area contributed by atoms with Crippen LogP contribution >= 0.6 is 11.8 Å². The van der Waals surface area contributed by atoms with Crippen molar-refractivity contribution in [2.45, 2.75) is 86.1 Å². The highest BCUT2D eigenvalue weighted by Gasteiger charge is 2.30. The van der Waals surface area contributed by atoms with Crippen LogP contribution in [-0.4, -0.2) is 34.5 Å². The van der Waals surface area contributed by atoms with Crippen LogP contribution in [0.25, 0.3) is 0 Å². The Kier molecular flexibility index (Phi) is 10.5. The lowest BCUT2D eigenvalue weighted by Gasteiger charge is -2.33. The molecule has 2 fully saturated rings. The van der Waals surface area contributed by atoms with Gasteiger partial charge in [0.25, 0.3) is 0 Å². The number of phenolic OH excluding ortho intramolecular Hbond substituents is 2. The van der Waals surface area contributed by atoms with Crippen molar-refractivity contribution in [3.63, 3.8) is 0 Å². The van der Waals surface area contributed by atoms with Gasteiger partial charge in [0, 0.05) is 33.2 Å². The van der Waals surface area contributed by atoms with Crippen LogP contribution in [0.5, 0.6) is 23.0 Å². The zero-order chi connectivity index (χ0) is 32.6. The topological polar surface area (TPSA) is 99.5 Å². The summed E-state index contributed by atoms with van der Waals surface area (Å²) < 4.78 is 11.6. The molecule has 2 amide bonds. The summed E-state index contributed by atoms with van der Waals surface area (Å²) in [7, 11) is 0. The zero-order valence-electron chi connectivity index (χ0n) is 26.3. The van der Waals surface area contributed by atoms with Crippen molar-refractivity contribution in [3.8, 4) is 23.0 Å². The molecule has 0 saturated heterocycles. The fraction of sp³-hybridized carbons (Fsp3) is 0.316. The summed E-state index contributed by atoms with van der Waals surface area (Å²) >= 11 is 1.55. The normalized spacial score (nSPS) is 15.5. The number of nitrogens with zero attached hydrogens (tertiary/aromatic N) is 2. The number of benzene rings is 4. The van der Waals surface area contributed by atoms with Gasteiger partial charge in [-0.2, -0.15) is 0 Å². The number of carbonyl (C=O) groups excluding carboxylic acids is 2. The van der Waals surface area contributed by atoms with Gasteiger partial charge in [-0.15, -0.1) is 0 Å². The molecule has 8 nitrogen and oxygen atoms in total. The molecule has 0 radical (unpaired) electrons. The van der Waals surface area contributed by atoms with E-state index in [0.717, 1.165) is 61.2 Å².